The molecule has 0 heterocycles. The van der Waals surface area contributed by atoms with Crippen LogP contribution in [0.25, 0.3) is 0 Å². The lowest BCUT2D eigenvalue weighted by molar-refractivity contribution is -0.137. The molecule has 0 amide bonds. The molecule has 154 valence electrons. The summed E-state index contributed by atoms with van der Waals surface area (Å²) >= 11 is 0. The van der Waals surface area contributed by atoms with Crippen LogP contribution in [-0.2, 0) is 9.63 Å². The van der Waals surface area contributed by atoms with Crippen LogP contribution in [0.3, 0.4) is 0 Å². The molecule has 1 rings (SSSR count). The van der Waals surface area contributed by atoms with Crippen molar-refractivity contribution in [3.63, 3.8) is 0 Å². The highest BCUT2D eigenvalue weighted by Gasteiger charge is 2.38. The largest absolute Gasteiger partial charge is 0.481 e. The quantitative estimate of drug-likeness (QED) is 0.257. The Kier molecular flexibility index (Phi) is 11.7. The van der Waals surface area contributed by atoms with Crippen LogP contribution in [0.15, 0.2) is 29.5 Å². The fourth-order valence-electron chi connectivity index (χ4n) is 3.46. The lowest BCUT2D eigenvalue weighted by Crippen LogP contribution is -2.19. The Hall–Kier alpha value is -1.66. The summed E-state index contributed by atoms with van der Waals surface area (Å²) < 4.78 is 0. The van der Waals surface area contributed by atoms with Crippen LogP contribution in [0.5, 0.6) is 0 Å². The summed E-state index contributed by atoms with van der Waals surface area (Å²) in [5.41, 5.74) is 0.829. The molecule has 0 radical (unpaired) electrons. The van der Waals surface area contributed by atoms with Crippen LogP contribution in [0.1, 0.15) is 64.7 Å². The third-order valence-corrected chi connectivity index (χ3v) is 4.94. The standard InChI is InChI=1S/C21H35NO5/c1-3-4-7-10-16(23)13-14-18-17(19(22-27-2)15-20(18)24)11-8-5-6-9-12-21(25)26/h5,8,13-14,16-18,20,23-24H,3-4,6-7,9-12,15H2,1-2H3,(H,25,26)/b8-5-,14-13+,22-19+/t16-,17+,18+,20+/m0/s1. The number of carboxylic acid groups (broad SMARTS) is 1. The van der Waals surface area contributed by atoms with Crippen molar-refractivity contribution in [2.24, 2.45) is 17.0 Å². The first-order valence-corrected chi connectivity index (χ1v) is 10.0. The number of aliphatic hydroxyl groups excluding tert-OH is 2. The van der Waals surface area contributed by atoms with E-state index in [1.807, 2.05) is 18.2 Å². The summed E-state index contributed by atoms with van der Waals surface area (Å²) in [5.74, 6) is -0.863. The van der Waals surface area contributed by atoms with Crippen LogP contribution in [0.2, 0.25) is 0 Å². The molecule has 1 saturated carbocycles. The molecule has 0 aromatic rings. The van der Waals surface area contributed by atoms with Gasteiger partial charge in [-0.15, -0.1) is 0 Å². The predicted octanol–water partition coefficient (Wildman–Crippen LogP) is 3.68. The predicted molar refractivity (Wildman–Crippen MR) is 107 cm³/mol. The lowest BCUT2D eigenvalue weighted by Gasteiger charge is -2.18. The van der Waals surface area contributed by atoms with Gasteiger partial charge < -0.3 is 20.2 Å². The Morgan fingerprint density at radius 2 is 2.11 bits per heavy atom. The highest BCUT2D eigenvalue weighted by atomic mass is 16.6. The van der Waals surface area contributed by atoms with Gasteiger partial charge in [0.05, 0.1) is 17.9 Å². The number of allylic oxidation sites excluding steroid dienone is 2. The van der Waals surface area contributed by atoms with E-state index in [2.05, 4.69) is 12.1 Å². The molecule has 6 nitrogen and oxygen atoms in total. The normalized spacial score (nSPS) is 25.6. The van der Waals surface area contributed by atoms with Gasteiger partial charge in [0.25, 0.3) is 0 Å². The third-order valence-electron chi connectivity index (χ3n) is 4.94. The Morgan fingerprint density at radius 3 is 2.78 bits per heavy atom. The number of oxime groups is 1. The minimum Gasteiger partial charge on any atom is -0.481 e. The van der Waals surface area contributed by atoms with Crippen molar-refractivity contribution in [1.82, 2.24) is 0 Å². The second-order valence-electron chi connectivity index (χ2n) is 7.16. The summed E-state index contributed by atoms with van der Waals surface area (Å²) in [6.07, 6.45) is 13.3. The molecule has 0 saturated heterocycles. The van der Waals surface area contributed by atoms with Crippen molar-refractivity contribution < 1.29 is 25.0 Å². The van der Waals surface area contributed by atoms with E-state index in [1.165, 1.54) is 7.11 Å². The van der Waals surface area contributed by atoms with Gasteiger partial charge in [-0.05, 0) is 25.7 Å². The molecule has 0 bridgehead atoms. The first-order valence-electron chi connectivity index (χ1n) is 10.0. The molecule has 0 unspecified atom stereocenters. The summed E-state index contributed by atoms with van der Waals surface area (Å²) in [6.45, 7) is 2.13. The van der Waals surface area contributed by atoms with E-state index in [9.17, 15) is 15.0 Å². The maximum atomic E-state index is 10.5. The molecule has 0 spiro atoms. The van der Waals surface area contributed by atoms with Gasteiger partial charge in [0.1, 0.15) is 7.11 Å². The molecule has 1 aliphatic rings. The number of hydrogen-bond donors (Lipinski definition) is 3. The average Bonchev–Trinajstić information content (AvgIpc) is 2.91. The Labute approximate surface area is 162 Å². The number of rotatable bonds is 13. The van der Waals surface area contributed by atoms with Crippen molar-refractivity contribution in [3.05, 3.63) is 24.3 Å². The molecule has 0 aliphatic heterocycles. The highest BCUT2D eigenvalue weighted by molar-refractivity contribution is 5.89. The minimum atomic E-state index is -0.778. The van der Waals surface area contributed by atoms with Gasteiger partial charge in [0.15, 0.2) is 0 Å². The molecule has 6 heteroatoms. The number of aliphatic hydroxyl groups is 2. The maximum Gasteiger partial charge on any atom is 0.303 e. The second kappa shape index (κ2) is 13.5. The van der Waals surface area contributed by atoms with Crippen LogP contribution in [0.4, 0.5) is 0 Å². The smallest absolute Gasteiger partial charge is 0.303 e. The monoisotopic (exact) mass is 381 g/mol. The van der Waals surface area contributed by atoms with Crippen LogP contribution in [-0.4, -0.2) is 46.3 Å². The average molecular weight is 382 g/mol. The zero-order chi connectivity index (χ0) is 20.1. The molecule has 4 atom stereocenters. The Balaban J connectivity index is 2.64. The molecule has 1 fully saturated rings. The molecule has 0 aromatic carbocycles. The van der Waals surface area contributed by atoms with E-state index in [0.717, 1.165) is 37.8 Å². The van der Waals surface area contributed by atoms with Gasteiger partial charge in [-0.3, -0.25) is 4.79 Å². The van der Waals surface area contributed by atoms with Crippen molar-refractivity contribution in [2.45, 2.75) is 76.9 Å². The van der Waals surface area contributed by atoms with E-state index in [0.29, 0.717) is 19.3 Å². The summed E-state index contributed by atoms with van der Waals surface area (Å²) in [5, 5.41) is 33.3. The maximum absolute atomic E-state index is 10.5. The fraction of sp³-hybridized carbons (Fsp3) is 0.714. The van der Waals surface area contributed by atoms with Crippen molar-refractivity contribution in [3.8, 4) is 0 Å². The summed E-state index contributed by atoms with van der Waals surface area (Å²) in [7, 11) is 1.50. The van der Waals surface area contributed by atoms with Gasteiger partial charge in [-0.1, -0.05) is 55.6 Å². The zero-order valence-corrected chi connectivity index (χ0v) is 16.6. The number of aliphatic carboxylic acids is 1. The van der Waals surface area contributed by atoms with Gasteiger partial charge in [0, 0.05) is 24.7 Å². The summed E-state index contributed by atoms with van der Waals surface area (Å²) in [6, 6.07) is 0. The molecule has 0 aromatic heterocycles. The van der Waals surface area contributed by atoms with Gasteiger partial charge >= 0.3 is 5.97 Å². The molecule has 27 heavy (non-hydrogen) atoms. The fourth-order valence-corrected chi connectivity index (χ4v) is 3.46. The second-order valence-corrected chi connectivity index (χ2v) is 7.16. The topological polar surface area (TPSA) is 99.4 Å². The van der Waals surface area contributed by atoms with E-state index in [-0.39, 0.29) is 18.3 Å². The minimum absolute atomic E-state index is 0.0229. The molecular weight excluding hydrogens is 346 g/mol. The number of hydrogen-bond acceptors (Lipinski definition) is 5. The third kappa shape index (κ3) is 9.20. The van der Waals surface area contributed by atoms with Crippen LogP contribution in [0, 0.1) is 11.8 Å². The van der Waals surface area contributed by atoms with E-state index in [1.54, 1.807) is 6.08 Å². The number of nitrogens with zero attached hydrogens (tertiary/aromatic N) is 1. The van der Waals surface area contributed by atoms with Gasteiger partial charge in [-0.2, -0.15) is 0 Å². The van der Waals surface area contributed by atoms with Crippen molar-refractivity contribution >= 4 is 11.7 Å². The Morgan fingerprint density at radius 1 is 1.33 bits per heavy atom. The SMILES string of the molecule is CCCCC[C@H](O)/C=C/[C@H]1[C@H](O)C/C(=N\OC)[C@@H]1C/C=C\CCCC(=O)O. The molecule has 1 aliphatic carbocycles. The van der Waals surface area contributed by atoms with E-state index < -0.39 is 18.2 Å². The van der Waals surface area contributed by atoms with Gasteiger partial charge in [-0.25, -0.2) is 0 Å². The first-order chi connectivity index (χ1) is 13.0. The van der Waals surface area contributed by atoms with Crippen LogP contribution < -0.4 is 0 Å². The lowest BCUT2D eigenvalue weighted by atomic mass is 9.89. The van der Waals surface area contributed by atoms with E-state index >= 15 is 0 Å². The Bertz CT molecular complexity index is 515. The molecule has 3 N–H and O–H groups in total. The highest BCUT2D eigenvalue weighted by Crippen LogP contribution is 2.34. The van der Waals surface area contributed by atoms with Crippen molar-refractivity contribution in [1.29, 1.82) is 0 Å². The van der Waals surface area contributed by atoms with Gasteiger partial charge in [0.2, 0.25) is 0 Å². The van der Waals surface area contributed by atoms with Crippen LogP contribution >= 0.6 is 0 Å². The van der Waals surface area contributed by atoms with Crippen molar-refractivity contribution in [2.75, 3.05) is 7.11 Å². The zero-order valence-electron chi connectivity index (χ0n) is 16.6. The number of carbonyl (C=O) groups is 1. The van der Waals surface area contributed by atoms with E-state index in [4.69, 9.17) is 9.94 Å². The summed E-state index contributed by atoms with van der Waals surface area (Å²) in [4.78, 5) is 15.5. The number of carboxylic acids is 1. The number of unbranched alkanes of at least 4 members (excludes halogenated alkanes) is 3. The molecular formula is C21H35NO5. The first kappa shape index (κ1) is 23.4.